The molecule has 2 aliphatic rings. The number of amides is 1. The van der Waals surface area contributed by atoms with E-state index in [1.165, 1.54) is 47.9 Å². The van der Waals surface area contributed by atoms with Gasteiger partial charge in [-0.3, -0.25) is 4.79 Å². The first kappa shape index (κ1) is 19.0. The minimum Gasteiger partial charge on any atom is -0.410 e. The topological polar surface area (TPSA) is 68.0 Å². The zero-order valence-corrected chi connectivity index (χ0v) is 17.6. The molecule has 2 heterocycles. The van der Waals surface area contributed by atoms with Crippen molar-refractivity contribution in [2.45, 2.75) is 70.1 Å². The van der Waals surface area contributed by atoms with Crippen molar-refractivity contribution >= 4 is 29.0 Å². The van der Waals surface area contributed by atoms with Crippen LogP contribution in [-0.2, 0) is 17.6 Å². The van der Waals surface area contributed by atoms with Crippen molar-refractivity contribution in [1.29, 1.82) is 0 Å². The monoisotopic (exact) mass is 405 g/mol. The molecule has 0 aliphatic heterocycles. The smallest absolute Gasteiger partial charge is 0.277 e. The second-order valence-electron chi connectivity index (χ2n) is 8.00. The van der Waals surface area contributed by atoms with Crippen LogP contribution in [0.4, 0.5) is 0 Å². The molecule has 0 spiro atoms. The molecule has 1 fully saturated rings. The number of hydrogen-bond donors (Lipinski definition) is 1. The lowest BCUT2D eigenvalue weighted by atomic mass is 9.86. The third-order valence-electron chi connectivity index (χ3n) is 5.73. The lowest BCUT2D eigenvalue weighted by molar-refractivity contribution is -0.119. The summed E-state index contributed by atoms with van der Waals surface area (Å²) in [5.41, 5.74) is 1.43. The first-order chi connectivity index (χ1) is 13.1. The molecule has 1 amide bonds. The molecular weight excluding hydrogens is 378 g/mol. The number of fused-ring (bicyclic) bond motifs is 1. The van der Waals surface area contributed by atoms with Crippen LogP contribution in [-0.4, -0.2) is 27.9 Å². The maximum atomic E-state index is 12.3. The number of carbonyl (C=O) groups is 1. The van der Waals surface area contributed by atoms with Crippen LogP contribution in [0.15, 0.2) is 15.7 Å². The van der Waals surface area contributed by atoms with Crippen molar-refractivity contribution < 1.29 is 9.21 Å². The summed E-state index contributed by atoms with van der Waals surface area (Å²) in [7, 11) is 0. The van der Waals surface area contributed by atoms with Gasteiger partial charge in [-0.1, -0.05) is 38.5 Å². The number of hydrogen-bond acceptors (Lipinski definition) is 6. The Hall–Kier alpha value is -1.34. The zero-order valence-electron chi connectivity index (χ0n) is 16.0. The molecule has 0 bridgehead atoms. The Balaban J connectivity index is 1.32. The van der Waals surface area contributed by atoms with Gasteiger partial charge in [-0.05, 0) is 55.6 Å². The van der Waals surface area contributed by atoms with Crippen molar-refractivity contribution in [3.63, 3.8) is 0 Å². The summed E-state index contributed by atoms with van der Waals surface area (Å²) in [6.45, 7) is 4.53. The highest BCUT2D eigenvalue weighted by Crippen LogP contribution is 2.37. The SMILES string of the molecule is C[C@H]1CCc2sc(-c3nnc(SCC(=O)N[C@H]4CCCC[C@@H]4C)o3)cc2C1. The van der Waals surface area contributed by atoms with Crippen molar-refractivity contribution in [3.8, 4) is 10.8 Å². The lowest BCUT2D eigenvalue weighted by Gasteiger charge is -2.29. The number of thioether (sulfide) groups is 1. The Morgan fingerprint density at radius 1 is 1.30 bits per heavy atom. The highest BCUT2D eigenvalue weighted by atomic mass is 32.2. The number of aryl methyl sites for hydroxylation is 1. The molecule has 3 atom stereocenters. The number of nitrogens with zero attached hydrogens (tertiary/aromatic N) is 2. The minimum absolute atomic E-state index is 0.0547. The molecule has 7 heteroatoms. The molecule has 146 valence electrons. The van der Waals surface area contributed by atoms with Gasteiger partial charge in [0, 0.05) is 10.9 Å². The number of rotatable bonds is 5. The maximum Gasteiger partial charge on any atom is 0.277 e. The third kappa shape index (κ3) is 4.57. The fourth-order valence-corrected chi connectivity index (χ4v) is 5.79. The highest BCUT2D eigenvalue weighted by Gasteiger charge is 2.24. The van der Waals surface area contributed by atoms with Gasteiger partial charge in [-0.25, -0.2) is 0 Å². The van der Waals surface area contributed by atoms with E-state index in [4.69, 9.17) is 4.42 Å². The largest absolute Gasteiger partial charge is 0.410 e. The fraction of sp³-hybridized carbons (Fsp3) is 0.650. The van der Waals surface area contributed by atoms with E-state index in [-0.39, 0.29) is 5.91 Å². The highest BCUT2D eigenvalue weighted by molar-refractivity contribution is 7.99. The van der Waals surface area contributed by atoms with Crippen LogP contribution in [0, 0.1) is 11.8 Å². The molecule has 1 N–H and O–H groups in total. The second kappa shape index (κ2) is 8.35. The van der Waals surface area contributed by atoms with E-state index in [9.17, 15) is 4.79 Å². The fourth-order valence-electron chi connectivity index (χ4n) is 4.09. The van der Waals surface area contributed by atoms with Gasteiger partial charge in [-0.2, -0.15) is 0 Å². The van der Waals surface area contributed by atoms with Crippen molar-refractivity contribution in [2.75, 3.05) is 5.75 Å². The maximum absolute atomic E-state index is 12.3. The van der Waals surface area contributed by atoms with Crippen molar-refractivity contribution in [2.24, 2.45) is 11.8 Å². The van der Waals surface area contributed by atoms with Crippen molar-refractivity contribution in [3.05, 3.63) is 16.5 Å². The predicted octanol–water partition coefficient (Wildman–Crippen LogP) is 4.71. The Morgan fingerprint density at radius 3 is 3.00 bits per heavy atom. The molecular formula is C20H27N3O2S2. The van der Waals surface area contributed by atoms with Crippen LogP contribution in [0.2, 0.25) is 0 Å². The number of thiophene rings is 1. The second-order valence-corrected chi connectivity index (χ2v) is 10.1. The van der Waals surface area contributed by atoms with Crippen LogP contribution in [0.25, 0.3) is 10.8 Å². The molecule has 0 unspecified atom stereocenters. The number of aromatic nitrogens is 2. The van der Waals surface area contributed by atoms with E-state index >= 15 is 0 Å². The first-order valence-corrected chi connectivity index (χ1v) is 11.8. The molecule has 0 radical (unpaired) electrons. The quantitative estimate of drug-likeness (QED) is 0.730. The van der Waals surface area contributed by atoms with Crippen molar-refractivity contribution in [1.82, 2.24) is 15.5 Å². The van der Waals surface area contributed by atoms with Crippen LogP contribution in [0.3, 0.4) is 0 Å². The Kier molecular flexibility index (Phi) is 5.88. The summed E-state index contributed by atoms with van der Waals surface area (Å²) < 4.78 is 5.81. The van der Waals surface area contributed by atoms with Gasteiger partial charge in [0.1, 0.15) is 0 Å². The van der Waals surface area contributed by atoms with Crippen LogP contribution >= 0.6 is 23.1 Å². The standard InChI is InChI=1S/C20H27N3O2S2/c1-12-7-8-16-14(9-12)10-17(27-16)19-22-23-20(25-19)26-11-18(24)21-15-6-4-3-5-13(15)2/h10,12-13,15H,3-9,11H2,1-2H3,(H,21,24)/t12-,13-,15-/m0/s1. The average Bonchev–Trinajstić information content (AvgIpc) is 3.28. The summed E-state index contributed by atoms with van der Waals surface area (Å²) in [5, 5.41) is 12.0. The van der Waals surface area contributed by atoms with Crippen LogP contribution in [0.1, 0.15) is 56.4 Å². The van der Waals surface area contributed by atoms with E-state index in [1.54, 1.807) is 11.3 Å². The van der Waals surface area contributed by atoms with Gasteiger partial charge in [0.2, 0.25) is 5.91 Å². The van der Waals surface area contributed by atoms with Gasteiger partial charge in [-0.15, -0.1) is 21.5 Å². The molecule has 2 aromatic heterocycles. The van der Waals surface area contributed by atoms with Gasteiger partial charge in [0.15, 0.2) is 0 Å². The molecule has 2 aromatic rings. The Morgan fingerprint density at radius 2 is 2.15 bits per heavy atom. The lowest BCUT2D eigenvalue weighted by Crippen LogP contribution is -2.41. The molecule has 27 heavy (non-hydrogen) atoms. The van der Waals surface area contributed by atoms with E-state index in [0.29, 0.717) is 28.8 Å². The molecule has 4 rings (SSSR count). The normalized spacial score (nSPS) is 25.2. The van der Waals surface area contributed by atoms with Gasteiger partial charge in [0.05, 0.1) is 10.6 Å². The minimum atomic E-state index is 0.0547. The molecule has 5 nitrogen and oxygen atoms in total. The molecule has 0 aromatic carbocycles. The zero-order chi connectivity index (χ0) is 18.8. The number of carbonyl (C=O) groups excluding carboxylic acids is 1. The summed E-state index contributed by atoms with van der Waals surface area (Å²) in [6, 6.07) is 2.51. The molecule has 2 aliphatic carbocycles. The Bertz CT molecular complexity index is 801. The average molecular weight is 406 g/mol. The molecule has 0 saturated heterocycles. The molecule has 1 saturated carbocycles. The van der Waals surface area contributed by atoms with E-state index < -0.39 is 0 Å². The van der Waals surface area contributed by atoms with Gasteiger partial charge in [0.25, 0.3) is 11.1 Å². The summed E-state index contributed by atoms with van der Waals surface area (Å²) in [6.07, 6.45) is 8.32. The van der Waals surface area contributed by atoms with Gasteiger partial charge < -0.3 is 9.73 Å². The van der Waals surface area contributed by atoms with E-state index in [0.717, 1.165) is 30.1 Å². The first-order valence-electron chi connectivity index (χ1n) is 9.96. The van der Waals surface area contributed by atoms with Gasteiger partial charge >= 0.3 is 0 Å². The van der Waals surface area contributed by atoms with Crippen LogP contribution in [0.5, 0.6) is 0 Å². The third-order valence-corrected chi connectivity index (χ3v) is 7.77. The summed E-state index contributed by atoms with van der Waals surface area (Å²) in [5.74, 6) is 2.27. The number of nitrogens with one attached hydrogen (secondary N) is 1. The van der Waals surface area contributed by atoms with E-state index in [1.807, 2.05) is 0 Å². The Labute approximate surface area is 168 Å². The summed E-state index contributed by atoms with van der Waals surface area (Å²) in [4.78, 5) is 14.8. The summed E-state index contributed by atoms with van der Waals surface area (Å²) >= 11 is 3.09. The van der Waals surface area contributed by atoms with Crippen LogP contribution < -0.4 is 5.32 Å². The predicted molar refractivity (Wildman–Crippen MR) is 109 cm³/mol. The van der Waals surface area contributed by atoms with E-state index in [2.05, 4.69) is 35.4 Å².